The standard InChI is InChI=1S/C21H13ClN4O7S2/c22-15-3-1-13(2-4-15)9-14(10-23)20(28)33-12-18(27)25-21-24-11-19(34-21)35(31,32)17-7-5-16(6-8-17)26(29)30/h1-9,11H,12H2,(H,24,25,27)/b14-9-. The van der Waals surface area contributed by atoms with E-state index in [4.69, 9.17) is 16.3 Å². The fraction of sp³-hybridized carbons (Fsp3) is 0.0476. The molecule has 0 aliphatic carbocycles. The maximum atomic E-state index is 12.7. The lowest BCUT2D eigenvalue weighted by molar-refractivity contribution is -0.384. The Kier molecular flexibility index (Phi) is 7.92. The van der Waals surface area contributed by atoms with E-state index in [1.165, 1.54) is 6.08 Å². The Morgan fingerprint density at radius 2 is 1.86 bits per heavy atom. The third-order valence-electron chi connectivity index (χ3n) is 4.21. The van der Waals surface area contributed by atoms with Crippen LogP contribution in [0, 0.1) is 21.4 Å². The number of hydrogen-bond acceptors (Lipinski definition) is 10. The zero-order valence-corrected chi connectivity index (χ0v) is 19.8. The topological polar surface area (TPSA) is 169 Å². The number of non-ortho nitro benzene ring substituents is 1. The van der Waals surface area contributed by atoms with Crippen molar-refractivity contribution in [3.05, 3.63) is 81.0 Å². The summed E-state index contributed by atoms with van der Waals surface area (Å²) in [5.74, 6) is -1.84. The number of halogens is 1. The van der Waals surface area contributed by atoms with Crippen LogP contribution in [0.15, 0.2) is 69.4 Å². The van der Waals surface area contributed by atoms with Crippen molar-refractivity contribution in [2.75, 3.05) is 11.9 Å². The number of nitrogens with zero attached hydrogens (tertiary/aromatic N) is 3. The van der Waals surface area contributed by atoms with Crippen molar-refractivity contribution in [2.45, 2.75) is 9.10 Å². The molecule has 0 aliphatic heterocycles. The van der Waals surface area contributed by atoms with Crippen LogP contribution in [0.25, 0.3) is 6.08 Å². The van der Waals surface area contributed by atoms with E-state index in [2.05, 4.69) is 10.3 Å². The van der Waals surface area contributed by atoms with Gasteiger partial charge in [0.05, 0.1) is 16.0 Å². The number of nitro groups is 1. The van der Waals surface area contributed by atoms with Crippen LogP contribution in [0.2, 0.25) is 5.02 Å². The number of nitriles is 1. The highest BCUT2D eigenvalue weighted by Crippen LogP contribution is 2.29. The first-order valence-electron chi connectivity index (χ1n) is 9.40. The fourth-order valence-corrected chi connectivity index (χ4v) is 5.11. The van der Waals surface area contributed by atoms with Gasteiger partial charge in [0.2, 0.25) is 9.84 Å². The Hall–Kier alpha value is -4.12. The number of hydrogen-bond donors (Lipinski definition) is 1. The number of rotatable bonds is 8. The number of carbonyl (C=O) groups excluding carboxylic acids is 2. The van der Waals surface area contributed by atoms with Crippen molar-refractivity contribution >= 4 is 61.5 Å². The van der Waals surface area contributed by atoms with Gasteiger partial charge in [-0.05, 0) is 35.9 Å². The van der Waals surface area contributed by atoms with Gasteiger partial charge in [0.15, 0.2) is 11.7 Å². The summed E-state index contributed by atoms with van der Waals surface area (Å²) in [5.41, 5.74) is -0.0823. The van der Waals surface area contributed by atoms with Crippen molar-refractivity contribution in [1.82, 2.24) is 4.98 Å². The molecular formula is C21H13ClN4O7S2. The first kappa shape index (κ1) is 25.5. The van der Waals surface area contributed by atoms with Crippen LogP contribution in [-0.4, -0.2) is 36.8 Å². The van der Waals surface area contributed by atoms with Gasteiger partial charge in [-0.3, -0.25) is 20.2 Å². The van der Waals surface area contributed by atoms with Gasteiger partial charge in [-0.1, -0.05) is 35.1 Å². The lowest BCUT2D eigenvalue weighted by Gasteiger charge is -2.04. The van der Waals surface area contributed by atoms with Crippen LogP contribution < -0.4 is 5.32 Å². The molecule has 0 saturated carbocycles. The number of benzene rings is 2. The van der Waals surface area contributed by atoms with E-state index in [1.54, 1.807) is 30.3 Å². The molecule has 0 aliphatic rings. The van der Waals surface area contributed by atoms with Crippen molar-refractivity contribution in [2.24, 2.45) is 0 Å². The molecule has 0 atom stereocenters. The van der Waals surface area contributed by atoms with E-state index >= 15 is 0 Å². The summed E-state index contributed by atoms with van der Waals surface area (Å²) < 4.78 is 30.0. The summed E-state index contributed by atoms with van der Waals surface area (Å²) in [4.78, 5) is 37.9. The number of carbonyl (C=O) groups is 2. The van der Waals surface area contributed by atoms with Gasteiger partial charge >= 0.3 is 5.97 Å². The van der Waals surface area contributed by atoms with Gasteiger partial charge in [0.25, 0.3) is 11.6 Å². The number of sulfone groups is 1. The molecule has 0 radical (unpaired) electrons. The van der Waals surface area contributed by atoms with E-state index in [9.17, 15) is 33.4 Å². The number of nitrogens with one attached hydrogen (secondary N) is 1. The second-order valence-electron chi connectivity index (χ2n) is 6.58. The summed E-state index contributed by atoms with van der Waals surface area (Å²) >= 11 is 6.43. The Labute approximate surface area is 207 Å². The lowest BCUT2D eigenvalue weighted by Crippen LogP contribution is -2.21. The fourth-order valence-electron chi connectivity index (χ4n) is 2.53. The van der Waals surface area contributed by atoms with E-state index in [1.807, 2.05) is 0 Å². The zero-order chi connectivity index (χ0) is 25.6. The SMILES string of the molecule is N#C/C(=C/c1ccc(Cl)cc1)C(=O)OCC(=O)Nc1ncc(S(=O)(=O)c2ccc([N+](=O)[O-])cc2)s1. The maximum Gasteiger partial charge on any atom is 0.349 e. The summed E-state index contributed by atoms with van der Waals surface area (Å²) in [6.07, 6.45) is 2.29. The molecule has 1 amide bonds. The third-order valence-corrected chi connectivity index (χ3v) is 7.60. The van der Waals surface area contributed by atoms with Gasteiger partial charge in [-0.15, -0.1) is 0 Å². The number of anilines is 1. The molecular weight excluding hydrogens is 520 g/mol. The number of ether oxygens (including phenoxy) is 1. The van der Waals surface area contributed by atoms with Crippen molar-refractivity contribution in [3.8, 4) is 6.07 Å². The van der Waals surface area contributed by atoms with E-state index in [0.717, 1.165) is 30.5 Å². The van der Waals surface area contributed by atoms with Crippen molar-refractivity contribution < 1.29 is 27.7 Å². The maximum absolute atomic E-state index is 12.7. The predicted octanol–water partition coefficient (Wildman–Crippen LogP) is 3.63. The average molecular weight is 533 g/mol. The molecule has 1 N–H and O–H groups in total. The normalized spacial score (nSPS) is 11.4. The van der Waals surface area contributed by atoms with Gasteiger partial charge in [0.1, 0.15) is 15.9 Å². The predicted molar refractivity (Wildman–Crippen MR) is 125 cm³/mol. The highest BCUT2D eigenvalue weighted by atomic mass is 35.5. The van der Waals surface area contributed by atoms with Crippen LogP contribution in [0.4, 0.5) is 10.8 Å². The minimum absolute atomic E-state index is 0.0799. The molecule has 1 heterocycles. The molecule has 0 saturated heterocycles. The van der Waals surface area contributed by atoms with Crippen molar-refractivity contribution in [1.29, 1.82) is 5.26 Å². The van der Waals surface area contributed by atoms with E-state index < -0.39 is 33.2 Å². The molecule has 178 valence electrons. The number of aromatic nitrogens is 1. The summed E-state index contributed by atoms with van der Waals surface area (Å²) in [5, 5.41) is 22.6. The largest absolute Gasteiger partial charge is 0.451 e. The Morgan fingerprint density at radius 1 is 1.20 bits per heavy atom. The second-order valence-corrected chi connectivity index (χ2v) is 10.2. The third kappa shape index (κ3) is 6.48. The Morgan fingerprint density at radius 3 is 2.46 bits per heavy atom. The summed E-state index contributed by atoms with van der Waals surface area (Å²) in [6, 6.07) is 12.3. The molecule has 1 aromatic heterocycles. The number of esters is 1. The first-order chi connectivity index (χ1) is 16.6. The van der Waals surface area contributed by atoms with Crippen LogP contribution >= 0.6 is 22.9 Å². The lowest BCUT2D eigenvalue weighted by atomic mass is 10.1. The molecule has 3 aromatic rings. The first-order valence-corrected chi connectivity index (χ1v) is 12.1. The van der Waals surface area contributed by atoms with Crippen molar-refractivity contribution in [3.63, 3.8) is 0 Å². The Bertz CT molecular complexity index is 1460. The molecule has 11 nitrogen and oxygen atoms in total. The Balaban J connectivity index is 1.61. The molecule has 0 bridgehead atoms. The van der Waals surface area contributed by atoms with Gasteiger partial charge in [-0.25, -0.2) is 18.2 Å². The number of thiazole rings is 1. The molecule has 14 heteroatoms. The van der Waals surface area contributed by atoms with E-state index in [-0.39, 0.29) is 25.5 Å². The minimum atomic E-state index is -4.02. The average Bonchev–Trinajstić information content (AvgIpc) is 3.31. The molecule has 35 heavy (non-hydrogen) atoms. The number of amides is 1. The highest BCUT2D eigenvalue weighted by molar-refractivity contribution is 7.93. The monoisotopic (exact) mass is 532 g/mol. The van der Waals surface area contributed by atoms with Crippen LogP contribution in [0.5, 0.6) is 0 Å². The molecule has 0 fully saturated rings. The molecule has 2 aromatic carbocycles. The van der Waals surface area contributed by atoms with Crippen LogP contribution in [0.3, 0.4) is 0 Å². The zero-order valence-electron chi connectivity index (χ0n) is 17.4. The van der Waals surface area contributed by atoms with Crippen LogP contribution in [0.1, 0.15) is 5.56 Å². The second kappa shape index (κ2) is 10.9. The van der Waals surface area contributed by atoms with Gasteiger partial charge in [-0.2, -0.15) is 5.26 Å². The highest BCUT2D eigenvalue weighted by Gasteiger charge is 2.23. The van der Waals surface area contributed by atoms with Crippen LogP contribution in [-0.2, 0) is 24.2 Å². The number of nitro benzene ring substituents is 1. The van der Waals surface area contributed by atoms with Gasteiger partial charge < -0.3 is 4.74 Å². The quantitative estimate of drug-likeness (QED) is 0.149. The van der Waals surface area contributed by atoms with Gasteiger partial charge in [0, 0.05) is 17.2 Å². The summed E-state index contributed by atoms with van der Waals surface area (Å²) in [7, 11) is -4.02. The molecule has 0 spiro atoms. The smallest absolute Gasteiger partial charge is 0.349 e. The molecule has 0 unspecified atom stereocenters. The van der Waals surface area contributed by atoms with E-state index in [0.29, 0.717) is 21.9 Å². The molecule has 3 rings (SSSR count). The minimum Gasteiger partial charge on any atom is -0.451 e. The summed E-state index contributed by atoms with van der Waals surface area (Å²) in [6.45, 7) is -0.748.